The normalized spacial score (nSPS) is 11.8. The van der Waals surface area contributed by atoms with E-state index in [1.807, 2.05) is 6.92 Å². The molecule has 1 atom stereocenters. The van der Waals surface area contributed by atoms with Crippen LogP contribution in [0.4, 0.5) is 11.4 Å². The van der Waals surface area contributed by atoms with E-state index in [2.05, 4.69) is 5.32 Å². The number of carbonyl (C=O) groups excluding carboxylic acids is 1. The van der Waals surface area contributed by atoms with Gasteiger partial charge >= 0.3 is 0 Å². The summed E-state index contributed by atoms with van der Waals surface area (Å²) >= 11 is 0. The van der Waals surface area contributed by atoms with Crippen LogP contribution in [0.3, 0.4) is 0 Å². The lowest BCUT2D eigenvalue weighted by molar-refractivity contribution is -0.119. The molecule has 0 saturated heterocycles. The van der Waals surface area contributed by atoms with E-state index in [1.165, 1.54) is 10.6 Å². The number of carbonyl (C=O) groups is 1. The van der Waals surface area contributed by atoms with Gasteiger partial charge in [-0.25, -0.2) is 0 Å². The van der Waals surface area contributed by atoms with Crippen LogP contribution in [0.1, 0.15) is 19.4 Å². The molecule has 3 N–H and O–H groups in total. The number of hydrogen-bond acceptors (Lipinski definition) is 3. The van der Waals surface area contributed by atoms with E-state index in [-0.39, 0.29) is 11.5 Å². The molecule has 0 aliphatic heterocycles. The molecule has 0 aliphatic rings. The third kappa shape index (κ3) is 2.88. The third-order valence-electron chi connectivity index (χ3n) is 3.09. The van der Waals surface area contributed by atoms with Gasteiger partial charge in [-0.2, -0.15) is 0 Å². The monoisotopic (exact) mass is 271 g/mol. The third-order valence-corrected chi connectivity index (χ3v) is 3.09. The second kappa shape index (κ2) is 6.06. The quantitative estimate of drug-likeness (QED) is 0.835. The molecule has 5 nitrogen and oxygen atoms in total. The molecule has 5 heteroatoms. The van der Waals surface area contributed by atoms with Crippen LogP contribution in [0.25, 0.3) is 0 Å². The molecule has 2 aromatic rings. The van der Waals surface area contributed by atoms with E-state index < -0.39 is 6.04 Å². The van der Waals surface area contributed by atoms with Crippen LogP contribution in [0.5, 0.6) is 0 Å². The van der Waals surface area contributed by atoms with Gasteiger partial charge in [0.05, 0.1) is 11.4 Å². The molecule has 0 spiro atoms. The summed E-state index contributed by atoms with van der Waals surface area (Å²) in [5.74, 6) is -0.251. The van der Waals surface area contributed by atoms with Gasteiger partial charge in [0, 0.05) is 12.3 Å². The molecular weight excluding hydrogens is 254 g/mol. The van der Waals surface area contributed by atoms with Crippen LogP contribution in [-0.2, 0) is 4.79 Å². The van der Waals surface area contributed by atoms with E-state index in [0.29, 0.717) is 17.8 Å². The number of anilines is 2. The van der Waals surface area contributed by atoms with Gasteiger partial charge in [0.25, 0.3) is 5.56 Å². The largest absolute Gasteiger partial charge is 0.397 e. The van der Waals surface area contributed by atoms with Crippen molar-refractivity contribution >= 4 is 17.3 Å². The van der Waals surface area contributed by atoms with E-state index in [4.69, 9.17) is 5.73 Å². The van der Waals surface area contributed by atoms with E-state index in [1.54, 1.807) is 42.6 Å². The van der Waals surface area contributed by atoms with Crippen molar-refractivity contribution in [3.05, 3.63) is 59.0 Å². The molecule has 1 unspecified atom stereocenters. The molecule has 0 saturated carbocycles. The molecule has 1 aromatic heterocycles. The summed E-state index contributed by atoms with van der Waals surface area (Å²) in [6.07, 6.45) is 2.13. The summed E-state index contributed by atoms with van der Waals surface area (Å²) in [4.78, 5) is 24.1. The zero-order valence-corrected chi connectivity index (χ0v) is 11.2. The van der Waals surface area contributed by atoms with Crippen LogP contribution < -0.4 is 16.6 Å². The first-order chi connectivity index (χ1) is 9.63. The molecular formula is C15H17N3O2. The first-order valence-corrected chi connectivity index (χ1v) is 6.46. The van der Waals surface area contributed by atoms with Crippen molar-refractivity contribution in [1.29, 1.82) is 0 Å². The second-order valence-electron chi connectivity index (χ2n) is 4.45. The Hall–Kier alpha value is -2.56. The first kappa shape index (κ1) is 13.9. The maximum atomic E-state index is 12.3. The van der Waals surface area contributed by atoms with Gasteiger partial charge in [-0.1, -0.05) is 25.1 Å². The summed E-state index contributed by atoms with van der Waals surface area (Å²) in [6, 6.07) is 11.3. The molecule has 1 heterocycles. The number of amides is 1. The second-order valence-corrected chi connectivity index (χ2v) is 4.45. The van der Waals surface area contributed by atoms with Crippen LogP contribution in [-0.4, -0.2) is 10.5 Å². The molecule has 104 valence electrons. The first-order valence-electron chi connectivity index (χ1n) is 6.46. The lowest BCUT2D eigenvalue weighted by Crippen LogP contribution is -2.32. The van der Waals surface area contributed by atoms with Crippen molar-refractivity contribution in [3.63, 3.8) is 0 Å². The molecule has 1 aromatic carbocycles. The lowest BCUT2D eigenvalue weighted by Gasteiger charge is -2.18. The van der Waals surface area contributed by atoms with Gasteiger partial charge in [-0.15, -0.1) is 0 Å². The standard InChI is InChI=1S/C15H17N3O2/c1-2-13(18-10-6-5-9-14(18)19)15(20)17-12-8-4-3-7-11(12)16/h3-10,13H,2,16H2,1H3,(H,17,20). The van der Waals surface area contributed by atoms with E-state index in [0.717, 1.165) is 0 Å². The molecule has 0 fully saturated rings. The van der Waals surface area contributed by atoms with Gasteiger partial charge < -0.3 is 15.6 Å². The van der Waals surface area contributed by atoms with Crippen molar-refractivity contribution < 1.29 is 4.79 Å². The van der Waals surface area contributed by atoms with Gasteiger partial charge in [-0.05, 0) is 24.6 Å². The Kier molecular flexibility index (Phi) is 4.20. The van der Waals surface area contributed by atoms with Crippen LogP contribution in [0.15, 0.2) is 53.5 Å². The predicted octanol–water partition coefficient (Wildman–Crippen LogP) is 2.02. The van der Waals surface area contributed by atoms with Crippen molar-refractivity contribution in [3.8, 4) is 0 Å². The van der Waals surface area contributed by atoms with Gasteiger partial charge in [0.2, 0.25) is 5.91 Å². The van der Waals surface area contributed by atoms with Crippen molar-refractivity contribution in [2.75, 3.05) is 11.1 Å². The van der Waals surface area contributed by atoms with Gasteiger partial charge in [0.1, 0.15) is 6.04 Å². The van der Waals surface area contributed by atoms with Gasteiger partial charge in [-0.3, -0.25) is 9.59 Å². The topological polar surface area (TPSA) is 77.1 Å². The minimum absolute atomic E-state index is 0.199. The molecule has 0 radical (unpaired) electrons. The Bertz CT molecular complexity index is 664. The highest BCUT2D eigenvalue weighted by molar-refractivity contribution is 5.96. The number of nitrogen functional groups attached to an aromatic ring is 1. The summed E-state index contributed by atoms with van der Waals surface area (Å²) in [5, 5.41) is 2.76. The van der Waals surface area contributed by atoms with Crippen LogP contribution >= 0.6 is 0 Å². The fourth-order valence-corrected chi connectivity index (χ4v) is 2.03. The van der Waals surface area contributed by atoms with Crippen molar-refractivity contribution in [2.24, 2.45) is 0 Å². The molecule has 0 bridgehead atoms. The summed E-state index contributed by atoms with van der Waals surface area (Å²) in [5.41, 5.74) is 6.65. The van der Waals surface area contributed by atoms with Gasteiger partial charge in [0.15, 0.2) is 0 Å². The lowest BCUT2D eigenvalue weighted by atomic mass is 10.2. The Morgan fingerprint density at radius 1 is 1.25 bits per heavy atom. The SMILES string of the molecule is CCC(C(=O)Nc1ccccc1N)n1ccccc1=O. The Labute approximate surface area is 117 Å². The number of nitrogens with one attached hydrogen (secondary N) is 1. The van der Waals surface area contributed by atoms with E-state index >= 15 is 0 Å². The summed E-state index contributed by atoms with van der Waals surface area (Å²) in [6.45, 7) is 1.86. The summed E-state index contributed by atoms with van der Waals surface area (Å²) < 4.78 is 1.43. The Morgan fingerprint density at radius 3 is 2.60 bits per heavy atom. The molecule has 1 amide bonds. The smallest absolute Gasteiger partial charge is 0.251 e. The van der Waals surface area contributed by atoms with Crippen LogP contribution in [0, 0.1) is 0 Å². The molecule has 2 rings (SSSR count). The highest BCUT2D eigenvalue weighted by atomic mass is 16.2. The maximum absolute atomic E-state index is 12.3. The molecule has 0 aliphatic carbocycles. The zero-order chi connectivity index (χ0) is 14.5. The zero-order valence-electron chi connectivity index (χ0n) is 11.2. The fourth-order valence-electron chi connectivity index (χ4n) is 2.03. The van der Waals surface area contributed by atoms with Crippen molar-refractivity contribution in [1.82, 2.24) is 4.57 Å². The maximum Gasteiger partial charge on any atom is 0.251 e. The fraction of sp³-hybridized carbons (Fsp3) is 0.200. The number of aromatic nitrogens is 1. The number of pyridine rings is 1. The minimum atomic E-state index is -0.552. The number of benzene rings is 1. The predicted molar refractivity (Wildman–Crippen MR) is 79.5 cm³/mol. The van der Waals surface area contributed by atoms with E-state index in [9.17, 15) is 9.59 Å². The van der Waals surface area contributed by atoms with Crippen LogP contribution in [0.2, 0.25) is 0 Å². The molecule has 20 heavy (non-hydrogen) atoms. The number of rotatable bonds is 4. The number of nitrogens with zero attached hydrogens (tertiary/aromatic N) is 1. The summed E-state index contributed by atoms with van der Waals surface area (Å²) in [7, 11) is 0. The van der Waals surface area contributed by atoms with Crippen molar-refractivity contribution in [2.45, 2.75) is 19.4 Å². The average molecular weight is 271 g/mol. The number of hydrogen-bond donors (Lipinski definition) is 2. The highest BCUT2D eigenvalue weighted by Gasteiger charge is 2.19. The average Bonchev–Trinajstić information content (AvgIpc) is 2.44. The number of nitrogens with two attached hydrogens (primary N) is 1. The Balaban J connectivity index is 2.25. The number of para-hydroxylation sites is 2. The Morgan fingerprint density at radius 2 is 1.95 bits per heavy atom. The minimum Gasteiger partial charge on any atom is -0.397 e. The highest BCUT2D eigenvalue weighted by Crippen LogP contribution is 2.19.